The summed E-state index contributed by atoms with van der Waals surface area (Å²) in [5, 5.41) is 1.70. The summed E-state index contributed by atoms with van der Waals surface area (Å²) in [7, 11) is 0. The van der Waals surface area contributed by atoms with Crippen molar-refractivity contribution in [3.63, 3.8) is 0 Å². The van der Waals surface area contributed by atoms with Crippen molar-refractivity contribution in [2.45, 2.75) is 21.4 Å². The fourth-order valence-electron chi connectivity index (χ4n) is 1.24. The van der Waals surface area contributed by atoms with Crippen LogP contribution < -0.4 is 0 Å². The van der Waals surface area contributed by atoms with Crippen molar-refractivity contribution >= 4 is 35.1 Å². The molecule has 0 amide bonds. The van der Waals surface area contributed by atoms with E-state index >= 15 is 0 Å². The zero-order chi connectivity index (χ0) is 14.8. The fraction of sp³-hybridized carbons (Fsp3) is 0.182. The molecule has 0 radical (unpaired) electrons. The van der Waals surface area contributed by atoms with Crippen LogP contribution in [0.3, 0.4) is 0 Å². The summed E-state index contributed by atoms with van der Waals surface area (Å²) in [4.78, 5) is 11.9. The van der Waals surface area contributed by atoms with Gasteiger partial charge in [0.1, 0.15) is 15.2 Å². The molecule has 0 fully saturated rings. The number of pyridine rings is 1. The lowest BCUT2D eigenvalue weighted by atomic mass is 10.3. The molecular weight excluding hydrogens is 331 g/mol. The van der Waals surface area contributed by atoms with E-state index in [0.717, 1.165) is 24.0 Å². The Balaban J connectivity index is 2.20. The molecule has 0 aliphatic heterocycles. The Morgan fingerprint density at radius 1 is 1.15 bits per heavy atom. The lowest BCUT2D eigenvalue weighted by Crippen LogP contribution is -2.05. The molecule has 0 aromatic carbocycles. The van der Waals surface area contributed by atoms with Crippen molar-refractivity contribution in [2.24, 2.45) is 0 Å². The number of alkyl halides is 3. The van der Waals surface area contributed by atoms with Crippen LogP contribution in [0.25, 0.3) is 0 Å². The molecule has 0 aliphatic rings. The molecule has 0 saturated carbocycles. The molecule has 9 heteroatoms. The van der Waals surface area contributed by atoms with Crippen LogP contribution in [0.4, 0.5) is 13.2 Å². The summed E-state index contributed by atoms with van der Waals surface area (Å²) in [6, 6.07) is 3.81. The summed E-state index contributed by atoms with van der Waals surface area (Å²) in [5.41, 5.74) is -0.785. The molecule has 3 nitrogen and oxygen atoms in total. The first kappa shape index (κ1) is 15.4. The van der Waals surface area contributed by atoms with Crippen molar-refractivity contribution in [3.05, 3.63) is 35.1 Å². The summed E-state index contributed by atoms with van der Waals surface area (Å²) in [6.07, 6.45) is -1.79. The van der Waals surface area contributed by atoms with Crippen LogP contribution in [-0.2, 0) is 6.18 Å². The lowest BCUT2D eigenvalue weighted by molar-refractivity contribution is -0.137. The standard InChI is InChI=1S/C11H7ClF3N3S2/c1-19-10-17-7(12)4-9(18-10)20-8-3-2-6(5-16-8)11(13,14)15/h2-5H,1H3. The smallest absolute Gasteiger partial charge is 0.249 e. The molecule has 0 spiro atoms. The van der Waals surface area contributed by atoms with E-state index in [-0.39, 0.29) is 5.15 Å². The van der Waals surface area contributed by atoms with Gasteiger partial charge in [0.15, 0.2) is 5.16 Å². The number of rotatable bonds is 3. The minimum atomic E-state index is -4.39. The molecular formula is C11H7ClF3N3S2. The van der Waals surface area contributed by atoms with Crippen LogP contribution >= 0.6 is 35.1 Å². The van der Waals surface area contributed by atoms with Crippen LogP contribution in [0.5, 0.6) is 0 Å². The maximum Gasteiger partial charge on any atom is 0.417 e. The van der Waals surface area contributed by atoms with Crippen molar-refractivity contribution < 1.29 is 13.2 Å². The highest BCUT2D eigenvalue weighted by atomic mass is 35.5. The van der Waals surface area contributed by atoms with Gasteiger partial charge in [0.25, 0.3) is 0 Å². The molecule has 0 atom stereocenters. The number of nitrogens with zero attached hydrogens (tertiary/aromatic N) is 3. The molecule has 2 rings (SSSR count). The maximum absolute atomic E-state index is 12.4. The van der Waals surface area contributed by atoms with Gasteiger partial charge in [-0.3, -0.25) is 0 Å². The number of aromatic nitrogens is 3. The van der Waals surface area contributed by atoms with Crippen LogP contribution in [0, 0.1) is 0 Å². The summed E-state index contributed by atoms with van der Waals surface area (Å²) >= 11 is 8.28. The predicted molar refractivity (Wildman–Crippen MR) is 72.2 cm³/mol. The maximum atomic E-state index is 12.4. The van der Waals surface area contributed by atoms with Crippen molar-refractivity contribution in [3.8, 4) is 0 Å². The largest absolute Gasteiger partial charge is 0.417 e. The van der Waals surface area contributed by atoms with E-state index in [1.165, 1.54) is 23.9 Å². The minimum absolute atomic E-state index is 0.277. The Hall–Kier alpha value is -0.990. The van der Waals surface area contributed by atoms with Gasteiger partial charge in [-0.25, -0.2) is 15.0 Å². The van der Waals surface area contributed by atoms with E-state index in [1.54, 1.807) is 6.26 Å². The number of thioether (sulfide) groups is 1. The number of halogens is 4. The van der Waals surface area contributed by atoms with Gasteiger partial charge in [0, 0.05) is 12.3 Å². The average Bonchev–Trinajstić information content (AvgIpc) is 2.37. The summed E-state index contributed by atoms with van der Waals surface area (Å²) in [5.74, 6) is 0. The third-order valence-corrected chi connectivity index (χ3v) is 3.72. The van der Waals surface area contributed by atoms with Gasteiger partial charge in [-0.15, -0.1) is 0 Å². The average molecular weight is 338 g/mol. The lowest BCUT2D eigenvalue weighted by Gasteiger charge is -2.06. The highest BCUT2D eigenvalue weighted by molar-refractivity contribution is 7.99. The first-order valence-electron chi connectivity index (χ1n) is 5.18. The topological polar surface area (TPSA) is 38.7 Å². The molecule has 106 valence electrons. The van der Waals surface area contributed by atoms with Crippen LogP contribution in [0.1, 0.15) is 5.56 Å². The third-order valence-electron chi connectivity index (χ3n) is 2.11. The molecule has 20 heavy (non-hydrogen) atoms. The number of hydrogen-bond acceptors (Lipinski definition) is 5. The zero-order valence-corrected chi connectivity index (χ0v) is 12.4. The predicted octanol–water partition coefficient (Wildman–Crippen LogP) is 4.42. The highest BCUT2D eigenvalue weighted by Gasteiger charge is 2.30. The van der Waals surface area contributed by atoms with Gasteiger partial charge in [-0.2, -0.15) is 13.2 Å². The molecule has 0 unspecified atom stereocenters. The second-order valence-electron chi connectivity index (χ2n) is 3.50. The van der Waals surface area contributed by atoms with E-state index in [9.17, 15) is 13.2 Å². The molecule has 2 heterocycles. The van der Waals surface area contributed by atoms with E-state index in [1.807, 2.05) is 0 Å². The quantitative estimate of drug-likeness (QED) is 0.471. The molecule has 0 aliphatic carbocycles. The van der Waals surface area contributed by atoms with E-state index in [4.69, 9.17) is 11.6 Å². The van der Waals surface area contributed by atoms with Crippen LogP contribution in [0.15, 0.2) is 39.6 Å². The Bertz CT molecular complexity index is 605. The van der Waals surface area contributed by atoms with Gasteiger partial charge in [0.2, 0.25) is 0 Å². The highest BCUT2D eigenvalue weighted by Crippen LogP contribution is 2.31. The van der Waals surface area contributed by atoms with Crippen molar-refractivity contribution in [2.75, 3.05) is 6.26 Å². The van der Waals surface area contributed by atoms with E-state index in [2.05, 4.69) is 15.0 Å². The molecule has 0 saturated heterocycles. The van der Waals surface area contributed by atoms with Gasteiger partial charge < -0.3 is 0 Å². The first-order chi connectivity index (χ1) is 9.38. The van der Waals surface area contributed by atoms with Crippen molar-refractivity contribution in [1.82, 2.24) is 15.0 Å². The van der Waals surface area contributed by atoms with E-state index in [0.29, 0.717) is 15.2 Å². The summed E-state index contributed by atoms with van der Waals surface area (Å²) in [6.45, 7) is 0. The number of hydrogen-bond donors (Lipinski definition) is 0. The van der Waals surface area contributed by atoms with Gasteiger partial charge in [-0.05, 0) is 30.2 Å². The molecule has 0 bridgehead atoms. The Labute approximate surface area is 126 Å². The third kappa shape index (κ3) is 4.00. The second kappa shape index (κ2) is 6.19. The van der Waals surface area contributed by atoms with Gasteiger partial charge in [-0.1, -0.05) is 23.4 Å². The van der Waals surface area contributed by atoms with Gasteiger partial charge in [0.05, 0.1) is 5.56 Å². The Morgan fingerprint density at radius 2 is 1.90 bits per heavy atom. The fourth-order valence-corrected chi connectivity index (χ4v) is 2.73. The van der Waals surface area contributed by atoms with Crippen molar-refractivity contribution in [1.29, 1.82) is 0 Å². The summed E-state index contributed by atoms with van der Waals surface area (Å²) < 4.78 is 37.2. The van der Waals surface area contributed by atoms with E-state index < -0.39 is 11.7 Å². The Morgan fingerprint density at radius 3 is 2.45 bits per heavy atom. The minimum Gasteiger partial charge on any atom is -0.249 e. The van der Waals surface area contributed by atoms with Crippen LogP contribution in [-0.4, -0.2) is 21.2 Å². The zero-order valence-electron chi connectivity index (χ0n) is 9.98. The Kier molecular flexibility index (Phi) is 4.77. The van der Waals surface area contributed by atoms with Crippen LogP contribution in [0.2, 0.25) is 5.15 Å². The molecule has 2 aromatic heterocycles. The monoisotopic (exact) mass is 337 g/mol. The first-order valence-corrected chi connectivity index (χ1v) is 7.60. The SMILES string of the molecule is CSc1nc(Cl)cc(Sc2ccc(C(F)(F)F)cn2)n1. The normalized spacial score (nSPS) is 11.7. The second-order valence-corrected chi connectivity index (χ2v) is 5.70. The molecule has 2 aromatic rings. The van der Waals surface area contributed by atoms with Gasteiger partial charge >= 0.3 is 6.18 Å². The molecule has 0 N–H and O–H groups in total.